The Bertz CT molecular complexity index is 734. The van der Waals surface area contributed by atoms with Gasteiger partial charge in [0.2, 0.25) is 21.8 Å². The van der Waals surface area contributed by atoms with Gasteiger partial charge in [0.15, 0.2) is 0 Å². The number of rotatable bonds is 5. The molecule has 1 fully saturated rings. The molecule has 0 bridgehead atoms. The summed E-state index contributed by atoms with van der Waals surface area (Å²) in [7, 11) is -0.600. The molecule has 1 heterocycles. The normalized spacial score (nSPS) is 18.6. The fourth-order valence-corrected chi connectivity index (χ4v) is 4.12. The van der Waals surface area contributed by atoms with Gasteiger partial charge in [-0.15, -0.1) is 0 Å². The lowest BCUT2D eigenvalue weighted by Crippen LogP contribution is -2.47. The molecule has 0 unspecified atom stereocenters. The molecule has 2 amide bonds. The summed E-state index contributed by atoms with van der Waals surface area (Å²) in [5.74, 6) is -1.60. The quantitative estimate of drug-likeness (QED) is 0.813. The highest BCUT2D eigenvalue weighted by Gasteiger charge is 2.33. The lowest BCUT2D eigenvalue weighted by atomic mass is 9.99. The van der Waals surface area contributed by atoms with E-state index in [1.165, 1.54) is 21.3 Å². The number of carbonyl (C=O) groups excluding carboxylic acids is 2. The third-order valence-corrected chi connectivity index (χ3v) is 6.00. The Morgan fingerprint density at radius 3 is 2.52 bits per heavy atom. The van der Waals surface area contributed by atoms with E-state index in [0.29, 0.717) is 19.4 Å². The van der Waals surface area contributed by atoms with Crippen LogP contribution in [0.15, 0.2) is 29.2 Å². The van der Waals surface area contributed by atoms with Crippen LogP contribution in [0.25, 0.3) is 0 Å². The van der Waals surface area contributed by atoms with Crippen LogP contribution >= 0.6 is 0 Å². The Morgan fingerprint density at radius 2 is 1.92 bits per heavy atom. The van der Waals surface area contributed by atoms with Gasteiger partial charge >= 0.3 is 0 Å². The first-order valence-corrected chi connectivity index (χ1v) is 9.39. The van der Waals surface area contributed by atoms with E-state index in [4.69, 9.17) is 0 Å². The van der Waals surface area contributed by atoms with E-state index < -0.39 is 21.8 Å². The minimum absolute atomic E-state index is 0.00209. The zero-order chi connectivity index (χ0) is 18.6. The summed E-state index contributed by atoms with van der Waals surface area (Å²) in [4.78, 5) is 25.1. The lowest BCUT2D eigenvalue weighted by Gasteiger charge is -2.31. The summed E-state index contributed by atoms with van der Waals surface area (Å²) in [6.45, 7) is 0.231. The van der Waals surface area contributed by atoms with E-state index in [-0.39, 0.29) is 29.8 Å². The molecule has 0 saturated carbocycles. The average Bonchev–Trinajstić information content (AvgIpc) is 2.59. The van der Waals surface area contributed by atoms with Gasteiger partial charge in [0.1, 0.15) is 5.82 Å². The predicted octanol–water partition coefficient (Wildman–Crippen LogP) is 0.431. The molecule has 1 aromatic rings. The second-order valence-electron chi connectivity index (χ2n) is 6.16. The molecule has 1 N–H and O–H groups in total. The van der Waals surface area contributed by atoms with Crippen molar-refractivity contribution in [3.8, 4) is 0 Å². The average molecular weight is 371 g/mol. The molecular formula is C16H22FN3O4S. The van der Waals surface area contributed by atoms with E-state index in [1.807, 2.05) is 0 Å². The topological polar surface area (TPSA) is 86.8 Å². The summed E-state index contributed by atoms with van der Waals surface area (Å²) < 4.78 is 39.5. The van der Waals surface area contributed by atoms with Crippen molar-refractivity contribution in [1.82, 2.24) is 14.5 Å². The smallest absolute Gasteiger partial charge is 0.243 e. The summed E-state index contributed by atoms with van der Waals surface area (Å²) in [6, 6.07) is 4.61. The van der Waals surface area contributed by atoms with Crippen LogP contribution < -0.4 is 5.32 Å². The number of sulfonamides is 1. The molecule has 1 aliphatic heterocycles. The molecule has 7 nitrogen and oxygen atoms in total. The van der Waals surface area contributed by atoms with Crippen LogP contribution in [-0.4, -0.2) is 63.2 Å². The zero-order valence-corrected chi connectivity index (χ0v) is 15.1. The molecular weight excluding hydrogens is 349 g/mol. The first-order valence-electron chi connectivity index (χ1n) is 7.95. The highest BCUT2D eigenvalue weighted by molar-refractivity contribution is 7.89. The van der Waals surface area contributed by atoms with E-state index >= 15 is 0 Å². The largest absolute Gasteiger partial charge is 0.347 e. The molecule has 2 rings (SSSR count). The summed E-state index contributed by atoms with van der Waals surface area (Å²) in [5.41, 5.74) is 0. The third kappa shape index (κ3) is 4.76. The number of amides is 2. The maximum Gasteiger partial charge on any atom is 0.243 e. The van der Waals surface area contributed by atoms with Crippen LogP contribution in [0.1, 0.15) is 12.8 Å². The van der Waals surface area contributed by atoms with Gasteiger partial charge in [0.05, 0.1) is 17.4 Å². The molecule has 0 spiro atoms. The van der Waals surface area contributed by atoms with E-state index in [1.54, 1.807) is 14.1 Å². The SMILES string of the molecule is CN(C)C(=O)CNC(=O)[C@H]1CCCN(S(=O)(=O)c2ccc(F)cc2)C1. The Hall–Kier alpha value is -2.00. The fourth-order valence-electron chi connectivity index (χ4n) is 2.60. The van der Waals surface area contributed by atoms with Crippen molar-refractivity contribution in [2.45, 2.75) is 17.7 Å². The molecule has 1 aromatic carbocycles. The number of likely N-dealkylation sites (N-methyl/N-ethyl adjacent to an activating group) is 1. The second-order valence-corrected chi connectivity index (χ2v) is 8.10. The lowest BCUT2D eigenvalue weighted by molar-refractivity contribution is -0.132. The molecule has 0 radical (unpaired) electrons. The predicted molar refractivity (Wildman–Crippen MR) is 89.6 cm³/mol. The number of nitrogens with zero attached hydrogens (tertiary/aromatic N) is 2. The fraction of sp³-hybridized carbons (Fsp3) is 0.500. The molecule has 9 heteroatoms. The Morgan fingerprint density at radius 1 is 1.28 bits per heavy atom. The number of hydrogen-bond donors (Lipinski definition) is 1. The van der Waals surface area contributed by atoms with Crippen molar-refractivity contribution in [2.75, 3.05) is 33.7 Å². The van der Waals surface area contributed by atoms with E-state index in [0.717, 1.165) is 12.1 Å². The maximum absolute atomic E-state index is 13.0. The summed E-state index contributed by atoms with van der Waals surface area (Å²) in [5, 5.41) is 2.55. The van der Waals surface area contributed by atoms with Crippen LogP contribution in [0, 0.1) is 11.7 Å². The molecule has 0 aliphatic carbocycles. The van der Waals surface area contributed by atoms with Gasteiger partial charge in [-0.25, -0.2) is 12.8 Å². The molecule has 1 saturated heterocycles. The third-order valence-electron chi connectivity index (χ3n) is 4.12. The van der Waals surface area contributed by atoms with Crippen LogP contribution in [0.3, 0.4) is 0 Å². The molecule has 25 heavy (non-hydrogen) atoms. The standard InChI is InChI=1S/C16H22FN3O4S/c1-19(2)15(21)10-18-16(22)12-4-3-9-20(11-12)25(23,24)14-7-5-13(17)6-8-14/h5-8,12H,3-4,9-11H2,1-2H3,(H,18,22)/t12-/m0/s1. The van der Waals surface area contributed by atoms with Crippen LogP contribution in [0.4, 0.5) is 4.39 Å². The van der Waals surface area contributed by atoms with Gasteiger partial charge in [-0.2, -0.15) is 4.31 Å². The highest BCUT2D eigenvalue weighted by atomic mass is 32.2. The molecule has 1 atom stereocenters. The number of halogens is 1. The van der Waals surface area contributed by atoms with Crippen LogP contribution in [0.2, 0.25) is 0 Å². The Labute approximate surface area is 146 Å². The van der Waals surface area contributed by atoms with Crippen molar-refractivity contribution in [3.05, 3.63) is 30.1 Å². The molecule has 138 valence electrons. The number of benzene rings is 1. The van der Waals surface area contributed by atoms with Gasteiger partial charge in [-0.3, -0.25) is 9.59 Å². The first-order chi connectivity index (χ1) is 11.7. The number of nitrogens with one attached hydrogen (secondary N) is 1. The van der Waals surface area contributed by atoms with Crippen molar-refractivity contribution in [2.24, 2.45) is 5.92 Å². The number of piperidine rings is 1. The maximum atomic E-state index is 13.0. The number of hydrogen-bond acceptors (Lipinski definition) is 4. The van der Waals surface area contributed by atoms with Gasteiger partial charge in [-0.1, -0.05) is 0 Å². The van der Waals surface area contributed by atoms with Crippen molar-refractivity contribution < 1.29 is 22.4 Å². The van der Waals surface area contributed by atoms with Gasteiger partial charge in [-0.05, 0) is 37.1 Å². The monoisotopic (exact) mass is 371 g/mol. The Kier molecular flexibility index (Phi) is 6.12. The van der Waals surface area contributed by atoms with Gasteiger partial charge in [0, 0.05) is 27.2 Å². The van der Waals surface area contributed by atoms with Crippen molar-refractivity contribution in [3.63, 3.8) is 0 Å². The van der Waals surface area contributed by atoms with Crippen molar-refractivity contribution in [1.29, 1.82) is 0 Å². The highest BCUT2D eigenvalue weighted by Crippen LogP contribution is 2.24. The Balaban J connectivity index is 2.03. The van der Waals surface area contributed by atoms with Crippen LogP contribution in [-0.2, 0) is 19.6 Å². The van der Waals surface area contributed by atoms with Crippen molar-refractivity contribution >= 4 is 21.8 Å². The van der Waals surface area contributed by atoms with E-state index in [2.05, 4.69) is 5.32 Å². The van der Waals surface area contributed by atoms with E-state index in [9.17, 15) is 22.4 Å². The molecule has 1 aliphatic rings. The second kappa shape index (κ2) is 7.92. The minimum atomic E-state index is -3.78. The van der Waals surface area contributed by atoms with Crippen LogP contribution in [0.5, 0.6) is 0 Å². The first kappa shape index (κ1) is 19.3. The number of carbonyl (C=O) groups is 2. The minimum Gasteiger partial charge on any atom is -0.347 e. The summed E-state index contributed by atoms with van der Waals surface area (Å²) >= 11 is 0. The van der Waals surface area contributed by atoms with Gasteiger partial charge < -0.3 is 10.2 Å². The zero-order valence-electron chi connectivity index (χ0n) is 14.2. The molecule has 0 aromatic heterocycles. The summed E-state index contributed by atoms with van der Waals surface area (Å²) in [6.07, 6.45) is 1.09. The van der Waals surface area contributed by atoms with Gasteiger partial charge in [0.25, 0.3) is 0 Å².